The van der Waals surface area contributed by atoms with Gasteiger partial charge in [0.25, 0.3) is 0 Å². The first-order chi connectivity index (χ1) is 14.3. The second-order valence-corrected chi connectivity index (χ2v) is 8.43. The molecule has 0 aliphatic carbocycles. The predicted molar refractivity (Wildman–Crippen MR) is 116 cm³/mol. The second-order valence-electron chi connectivity index (χ2n) is 6.23. The van der Waals surface area contributed by atoms with Crippen LogP contribution in [0.4, 0.5) is 5.13 Å². The highest BCUT2D eigenvalue weighted by Gasteiger charge is 2.10. The number of hydrogen-bond acceptors (Lipinski definition) is 7. The molecule has 2 aromatic carbocycles. The van der Waals surface area contributed by atoms with Gasteiger partial charge in [-0.1, -0.05) is 59.5 Å². The molecule has 1 aromatic heterocycles. The molecule has 6 nitrogen and oxygen atoms in total. The van der Waals surface area contributed by atoms with E-state index in [9.17, 15) is 4.79 Å². The Morgan fingerprint density at radius 1 is 1.10 bits per heavy atom. The van der Waals surface area contributed by atoms with Crippen molar-refractivity contribution in [3.05, 3.63) is 65.7 Å². The Morgan fingerprint density at radius 3 is 2.79 bits per heavy atom. The smallest absolute Gasteiger partial charge is 0.250 e. The Kier molecular flexibility index (Phi) is 6.43. The monoisotopic (exact) mass is 425 g/mol. The summed E-state index contributed by atoms with van der Waals surface area (Å²) in [5, 5.41) is 11.4. The van der Waals surface area contributed by atoms with Gasteiger partial charge in [0, 0.05) is 18.2 Å². The highest BCUT2D eigenvalue weighted by atomic mass is 32.2. The van der Waals surface area contributed by atoms with Gasteiger partial charge in [0.1, 0.15) is 0 Å². The summed E-state index contributed by atoms with van der Waals surface area (Å²) in [7, 11) is 0. The number of nitrogens with zero attached hydrogens (tertiary/aromatic N) is 2. The fourth-order valence-electron chi connectivity index (χ4n) is 2.64. The number of anilines is 1. The molecule has 0 fully saturated rings. The van der Waals surface area contributed by atoms with E-state index >= 15 is 0 Å². The Morgan fingerprint density at radius 2 is 1.93 bits per heavy atom. The number of hydrogen-bond donors (Lipinski definition) is 1. The maximum atomic E-state index is 12.2. The lowest BCUT2D eigenvalue weighted by atomic mass is 10.2. The minimum atomic E-state index is -0.257. The standard InChI is InChI=1S/C21H19N3O3S2/c25-19(10-8-15-7-9-17-18(13-15)27-12-4-11-26-17)22-20-23-24-21(29-20)28-14-16-5-2-1-3-6-16/h1-3,5-10,13H,4,11-12,14H2,(H,22,23,25)/b10-8+. The maximum Gasteiger partial charge on any atom is 0.250 e. The zero-order chi connectivity index (χ0) is 19.9. The predicted octanol–water partition coefficient (Wildman–Crippen LogP) is 4.64. The van der Waals surface area contributed by atoms with Gasteiger partial charge in [0.2, 0.25) is 11.0 Å². The van der Waals surface area contributed by atoms with Crippen LogP contribution in [0.2, 0.25) is 0 Å². The lowest BCUT2D eigenvalue weighted by molar-refractivity contribution is -0.111. The molecule has 148 valence electrons. The summed E-state index contributed by atoms with van der Waals surface area (Å²) >= 11 is 2.96. The minimum Gasteiger partial charge on any atom is -0.490 e. The van der Waals surface area contributed by atoms with Crippen molar-refractivity contribution < 1.29 is 14.3 Å². The highest BCUT2D eigenvalue weighted by Crippen LogP contribution is 2.31. The van der Waals surface area contributed by atoms with Gasteiger partial charge in [-0.3, -0.25) is 10.1 Å². The van der Waals surface area contributed by atoms with E-state index in [1.807, 2.05) is 36.4 Å². The molecule has 29 heavy (non-hydrogen) atoms. The molecule has 1 aliphatic rings. The molecular weight excluding hydrogens is 406 g/mol. The summed E-state index contributed by atoms with van der Waals surface area (Å²) in [4.78, 5) is 12.2. The summed E-state index contributed by atoms with van der Waals surface area (Å²) < 4.78 is 12.1. The van der Waals surface area contributed by atoms with E-state index in [0.717, 1.165) is 27.8 Å². The van der Waals surface area contributed by atoms with Crippen LogP contribution < -0.4 is 14.8 Å². The number of carbonyl (C=O) groups is 1. The SMILES string of the molecule is O=C(/C=C/c1ccc2c(c1)OCCCO2)Nc1nnc(SCc2ccccc2)s1. The molecule has 8 heteroatoms. The van der Waals surface area contributed by atoms with Crippen LogP contribution in [-0.4, -0.2) is 29.3 Å². The van der Waals surface area contributed by atoms with Crippen LogP contribution in [0, 0.1) is 0 Å². The van der Waals surface area contributed by atoms with Crippen molar-refractivity contribution in [3.63, 3.8) is 0 Å². The highest BCUT2D eigenvalue weighted by molar-refractivity contribution is 8.00. The second kappa shape index (κ2) is 9.58. The van der Waals surface area contributed by atoms with Gasteiger partial charge < -0.3 is 9.47 Å². The summed E-state index contributed by atoms with van der Waals surface area (Å²) in [6.45, 7) is 1.28. The number of rotatable bonds is 6. The molecule has 1 aliphatic heterocycles. The van der Waals surface area contributed by atoms with Crippen LogP contribution in [0.5, 0.6) is 11.5 Å². The van der Waals surface area contributed by atoms with Crippen molar-refractivity contribution in [1.82, 2.24) is 10.2 Å². The summed E-state index contributed by atoms with van der Waals surface area (Å²) in [6, 6.07) is 15.8. The van der Waals surface area contributed by atoms with E-state index in [0.29, 0.717) is 24.1 Å². The molecule has 0 radical (unpaired) electrons. The zero-order valence-corrected chi connectivity index (χ0v) is 17.2. The van der Waals surface area contributed by atoms with Gasteiger partial charge in [0.05, 0.1) is 13.2 Å². The van der Waals surface area contributed by atoms with Crippen molar-refractivity contribution in [3.8, 4) is 11.5 Å². The first-order valence-electron chi connectivity index (χ1n) is 9.15. The fourth-order valence-corrected chi connectivity index (χ4v) is 4.35. The molecule has 0 saturated carbocycles. The van der Waals surface area contributed by atoms with E-state index < -0.39 is 0 Å². The number of ether oxygens (including phenoxy) is 2. The van der Waals surface area contributed by atoms with E-state index in [1.165, 1.54) is 23.0 Å². The normalized spacial score (nSPS) is 13.2. The van der Waals surface area contributed by atoms with Gasteiger partial charge >= 0.3 is 0 Å². The molecular formula is C21H19N3O3S2. The van der Waals surface area contributed by atoms with Gasteiger partial charge in [-0.25, -0.2) is 0 Å². The van der Waals surface area contributed by atoms with Crippen molar-refractivity contribution in [2.45, 2.75) is 16.5 Å². The number of nitrogens with one attached hydrogen (secondary N) is 1. The van der Waals surface area contributed by atoms with Crippen molar-refractivity contribution in [2.75, 3.05) is 18.5 Å². The maximum absolute atomic E-state index is 12.2. The lowest BCUT2D eigenvalue weighted by Gasteiger charge is -2.07. The van der Waals surface area contributed by atoms with Crippen molar-refractivity contribution in [2.24, 2.45) is 0 Å². The quantitative estimate of drug-likeness (QED) is 0.352. The number of benzene rings is 2. The number of carbonyl (C=O) groups excluding carboxylic acids is 1. The number of amides is 1. The largest absolute Gasteiger partial charge is 0.490 e. The van der Waals surface area contributed by atoms with Crippen LogP contribution in [0.25, 0.3) is 6.08 Å². The number of thioether (sulfide) groups is 1. The zero-order valence-electron chi connectivity index (χ0n) is 15.5. The van der Waals surface area contributed by atoms with Crippen LogP contribution in [0.15, 0.2) is 58.9 Å². The third-order valence-corrected chi connectivity index (χ3v) is 6.08. The van der Waals surface area contributed by atoms with E-state index in [4.69, 9.17) is 9.47 Å². The third-order valence-electron chi connectivity index (χ3n) is 4.04. The van der Waals surface area contributed by atoms with Crippen LogP contribution in [0.3, 0.4) is 0 Å². The molecule has 2 heterocycles. The molecule has 4 rings (SSSR count). The average molecular weight is 426 g/mol. The molecule has 0 unspecified atom stereocenters. The van der Waals surface area contributed by atoms with Crippen LogP contribution >= 0.6 is 23.1 Å². The number of aromatic nitrogens is 2. The average Bonchev–Trinajstić information content (AvgIpc) is 3.06. The van der Waals surface area contributed by atoms with Gasteiger partial charge in [-0.2, -0.15) is 0 Å². The van der Waals surface area contributed by atoms with Crippen molar-refractivity contribution >= 4 is 40.2 Å². The number of fused-ring (bicyclic) bond motifs is 1. The summed E-state index contributed by atoms with van der Waals surface area (Å²) in [5.41, 5.74) is 2.08. The van der Waals surface area contributed by atoms with Crippen molar-refractivity contribution in [1.29, 1.82) is 0 Å². The first-order valence-corrected chi connectivity index (χ1v) is 11.0. The summed E-state index contributed by atoms with van der Waals surface area (Å²) in [6.07, 6.45) is 4.06. The Labute approximate surface area is 177 Å². The molecule has 1 N–H and O–H groups in total. The lowest BCUT2D eigenvalue weighted by Crippen LogP contribution is -2.07. The molecule has 0 bridgehead atoms. The van der Waals surface area contributed by atoms with E-state index in [-0.39, 0.29) is 5.91 Å². The van der Waals surface area contributed by atoms with E-state index in [2.05, 4.69) is 27.6 Å². The molecule has 0 atom stereocenters. The van der Waals surface area contributed by atoms with Gasteiger partial charge in [-0.05, 0) is 29.3 Å². The summed E-state index contributed by atoms with van der Waals surface area (Å²) in [5.74, 6) is 1.99. The molecule has 0 saturated heterocycles. The van der Waals surface area contributed by atoms with E-state index in [1.54, 1.807) is 17.8 Å². The molecule has 0 spiro atoms. The Hall–Kier alpha value is -2.84. The molecule has 1 amide bonds. The van der Waals surface area contributed by atoms with Gasteiger partial charge in [-0.15, -0.1) is 10.2 Å². The van der Waals surface area contributed by atoms with Crippen LogP contribution in [-0.2, 0) is 10.5 Å². The molecule has 3 aromatic rings. The Balaban J connectivity index is 1.31. The first kappa shape index (κ1) is 19.5. The minimum absolute atomic E-state index is 0.257. The third kappa shape index (κ3) is 5.58. The van der Waals surface area contributed by atoms with Crippen LogP contribution in [0.1, 0.15) is 17.5 Å². The van der Waals surface area contributed by atoms with Gasteiger partial charge in [0.15, 0.2) is 15.8 Å². The fraction of sp³-hybridized carbons (Fsp3) is 0.190. The topological polar surface area (TPSA) is 73.3 Å². The Bertz CT molecular complexity index is 1010.